The molecule has 0 fully saturated rings. The first kappa shape index (κ1) is 13.3. The molecule has 0 spiro atoms. The zero-order valence-corrected chi connectivity index (χ0v) is 9.22. The SMILES string of the molecule is COC(=O)CCCCC(=O)OCCS. The van der Waals surface area contributed by atoms with Gasteiger partial charge >= 0.3 is 11.9 Å². The number of carbonyl (C=O) groups excluding carboxylic acids is 2. The van der Waals surface area contributed by atoms with E-state index in [0.29, 0.717) is 38.0 Å². The molecule has 14 heavy (non-hydrogen) atoms. The van der Waals surface area contributed by atoms with Crippen molar-refractivity contribution in [2.75, 3.05) is 19.5 Å². The minimum atomic E-state index is -0.242. The number of methoxy groups -OCH3 is 1. The molecule has 0 saturated carbocycles. The van der Waals surface area contributed by atoms with Crippen LogP contribution < -0.4 is 0 Å². The van der Waals surface area contributed by atoms with Crippen LogP contribution >= 0.6 is 12.6 Å². The third kappa shape index (κ3) is 7.91. The Morgan fingerprint density at radius 1 is 1.14 bits per heavy atom. The Balaban J connectivity index is 3.27. The maximum Gasteiger partial charge on any atom is 0.305 e. The quantitative estimate of drug-likeness (QED) is 0.398. The van der Waals surface area contributed by atoms with Crippen molar-refractivity contribution in [1.29, 1.82) is 0 Å². The number of carbonyl (C=O) groups is 2. The molecule has 0 unspecified atom stereocenters. The lowest BCUT2D eigenvalue weighted by Crippen LogP contribution is -2.07. The Hall–Kier alpha value is -0.710. The lowest BCUT2D eigenvalue weighted by atomic mass is 10.2. The number of ether oxygens (including phenoxy) is 2. The number of esters is 2. The molecule has 0 aliphatic rings. The van der Waals surface area contributed by atoms with Crippen molar-refractivity contribution in [3.8, 4) is 0 Å². The summed E-state index contributed by atoms with van der Waals surface area (Å²) in [5.41, 5.74) is 0. The second-order valence-electron chi connectivity index (χ2n) is 2.73. The van der Waals surface area contributed by atoms with Crippen molar-refractivity contribution in [3.63, 3.8) is 0 Å². The van der Waals surface area contributed by atoms with Crippen LogP contribution in [0.5, 0.6) is 0 Å². The van der Waals surface area contributed by atoms with E-state index >= 15 is 0 Å². The number of hydrogen-bond donors (Lipinski definition) is 1. The van der Waals surface area contributed by atoms with E-state index in [1.165, 1.54) is 7.11 Å². The third-order valence-corrected chi connectivity index (χ3v) is 1.78. The fourth-order valence-electron chi connectivity index (χ4n) is 0.872. The predicted octanol–water partition coefficient (Wildman–Crippen LogP) is 1.19. The van der Waals surface area contributed by atoms with Crippen LogP contribution in [0.15, 0.2) is 0 Å². The Bertz CT molecular complexity index is 182. The van der Waals surface area contributed by atoms with Crippen LogP contribution in [-0.2, 0) is 19.1 Å². The highest BCUT2D eigenvalue weighted by molar-refractivity contribution is 7.80. The zero-order chi connectivity index (χ0) is 10.8. The summed E-state index contributed by atoms with van der Waals surface area (Å²) < 4.78 is 9.25. The minimum absolute atomic E-state index is 0.232. The highest BCUT2D eigenvalue weighted by atomic mass is 32.1. The molecule has 0 heterocycles. The van der Waals surface area contributed by atoms with Gasteiger partial charge in [-0.1, -0.05) is 0 Å². The van der Waals surface area contributed by atoms with Gasteiger partial charge in [-0.05, 0) is 12.8 Å². The summed E-state index contributed by atoms with van der Waals surface area (Å²) in [6.45, 7) is 0.346. The van der Waals surface area contributed by atoms with Crippen LogP contribution in [0, 0.1) is 0 Å². The smallest absolute Gasteiger partial charge is 0.305 e. The van der Waals surface area contributed by atoms with Crippen molar-refractivity contribution in [3.05, 3.63) is 0 Å². The second kappa shape index (κ2) is 8.87. The van der Waals surface area contributed by atoms with Crippen molar-refractivity contribution >= 4 is 24.6 Å². The fraction of sp³-hybridized carbons (Fsp3) is 0.778. The zero-order valence-electron chi connectivity index (χ0n) is 8.32. The van der Waals surface area contributed by atoms with Gasteiger partial charge in [-0.2, -0.15) is 12.6 Å². The van der Waals surface area contributed by atoms with Gasteiger partial charge in [-0.25, -0.2) is 0 Å². The molecule has 0 bridgehead atoms. The van der Waals surface area contributed by atoms with Crippen molar-refractivity contribution in [1.82, 2.24) is 0 Å². The Kier molecular flexibility index (Phi) is 8.42. The molecule has 82 valence electrons. The number of hydrogen-bond acceptors (Lipinski definition) is 5. The van der Waals surface area contributed by atoms with E-state index in [9.17, 15) is 9.59 Å². The van der Waals surface area contributed by atoms with E-state index in [2.05, 4.69) is 17.4 Å². The van der Waals surface area contributed by atoms with Crippen LogP contribution in [0.3, 0.4) is 0 Å². The van der Waals surface area contributed by atoms with Gasteiger partial charge in [-0.15, -0.1) is 0 Å². The average molecular weight is 220 g/mol. The molecule has 0 radical (unpaired) electrons. The number of rotatable bonds is 7. The number of thiol groups is 1. The lowest BCUT2D eigenvalue weighted by molar-refractivity contribution is -0.144. The summed E-state index contributed by atoms with van der Waals surface area (Å²) in [7, 11) is 1.35. The molecule has 4 nitrogen and oxygen atoms in total. The van der Waals surface area contributed by atoms with Crippen molar-refractivity contribution < 1.29 is 19.1 Å². The summed E-state index contributed by atoms with van der Waals surface area (Å²) in [4.78, 5) is 21.6. The van der Waals surface area contributed by atoms with Crippen molar-refractivity contribution in [2.24, 2.45) is 0 Å². The summed E-state index contributed by atoms with van der Waals surface area (Å²) in [6.07, 6.45) is 2.02. The van der Waals surface area contributed by atoms with Crippen LogP contribution in [-0.4, -0.2) is 31.4 Å². The molecule has 0 aromatic carbocycles. The Morgan fingerprint density at radius 3 is 2.21 bits per heavy atom. The molecule has 0 atom stereocenters. The van der Waals surface area contributed by atoms with Gasteiger partial charge < -0.3 is 9.47 Å². The largest absolute Gasteiger partial charge is 0.469 e. The molecule has 0 aromatic rings. The van der Waals surface area contributed by atoms with Gasteiger partial charge in [0, 0.05) is 18.6 Å². The van der Waals surface area contributed by atoms with Crippen LogP contribution in [0.2, 0.25) is 0 Å². The van der Waals surface area contributed by atoms with Gasteiger partial charge in [0.15, 0.2) is 0 Å². The van der Waals surface area contributed by atoms with Crippen LogP contribution in [0.25, 0.3) is 0 Å². The van der Waals surface area contributed by atoms with E-state index < -0.39 is 0 Å². The Morgan fingerprint density at radius 2 is 1.71 bits per heavy atom. The topological polar surface area (TPSA) is 52.6 Å². The van der Waals surface area contributed by atoms with E-state index in [-0.39, 0.29) is 11.9 Å². The Labute approximate surface area is 89.4 Å². The first-order valence-corrected chi connectivity index (χ1v) is 5.17. The molecule has 5 heteroatoms. The monoisotopic (exact) mass is 220 g/mol. The van der Waals surface area contributed by atoms with E-state index in [1.807, 2.05) is 0 Å². The fourth-order valence-corrected chi connectivity index (χ4v) is 0.964. The average Bonchev–Trinajstić information content (AvgIpc) is 2.21. The number of unbranched alkanes of at least 4 members (excludes halogenated alkanes) is 1. The second-order valence-corrected chi connectivity index (χ2v) is 3.17. The van der Waals surface area contributed by atoms with Gasteiger partial charge in [0.25, 0.3) is 0 Å². The van der Waals surface area contributed by atoms with E-state index in [4.69, 9.17) is 4.74 Å². The molecule has 0 amide bonds. The van der Waals surface area contributed by atoms with E-state index in [1.54, 1.807) is 0 Å². The highest BCUT2D eigenvalue weighted by Crippen LogP contribution is 2.02. The summed E-state index contributed by atoms with van der Waals surface area (Å²) in [6, 6.07) is 0. The molecule has 0 aliphatic carbocycles. The summed E-state index contributed by atoms with van der Waals surface area (Å²) in [5.74, 6) is 0.0612. The molecule has 0 aliphatic heterocycles. The molecule has 0 aromatic heterocycles. The summed E-state index contributed by atoms with van der Waals surface area (Å²) in [5, 5.41) is 0. The van der Waals surface area contributed by atoms with Gasteiger partial charge in [0.2, 0.25) is 0 Å². The molecular formula is C9H16O4S. The van der Waals surface area contributed by atoms with Crippen LogP contribution in [0.4, 0.5) is 0 Å². The van der Waals surface area contributed by atoms with Gasteiger partial charge in [0.05, 0.1) is 7.11 Å². The minimum Gasteiger partial charge on any atom is -0.469 e. The normalized spacial score (nSPS) is 9.57. The maximum absolute atomic E-state index is 10.9. The van der Waals surface area contributed by atoms with Crippen molar-refractivity contribution in [2.45, 2.75) is 25.7 Å². The van der Waals surface area contributed by atoms with Gasteiger partial charge in [-0.3, -0.25) is 9.59 Å². The molecule has 0 rings (SSSR count). The first-order valence-electron chi connectivity index (χ1n) is 4.54. The first-order chi connectivity index (χ1) is 6.70. The predicted molar refractivity (Wildman–Crippen MR) is 55.3 cm³/mol. The third-order valence-electron chi connectivity index (χ3n) is 1.59. The summed E-state index contributed by atoms with van der Waals surface area (Å²) >= 11 is 3.91. The van der Waals surface area contributed by atoms with Crippen LogP contribution in [0.1, 0.15) is 25.7 Å². The highest BCUT2D eigenvalue weighted by Gasteiger charge is 2.04. The maximum atomic E-state index is 10.9. The molecule has 0 N–H and O–H groups in total. The standard InChI is InChI=1S/C9H16O4S/c1-12-8(10)4-2-3-5-9(11)13-6-7-14/h14H,2-7H2,1H3. The lowest BCUT2D eigenvalue weighted by Gasteiger charge is -2.02. The molecular weight excluding hydrogens is 204 g/mol. The molecule has 0 saturated heterocycles. The van der Waals surface area contributed by atoms with E-state index in [0.717, 1.165) is 0 Å². The van der Waals surface area contributed by atoms with Gasteiger partial charge in [0.1, 0.15) is 6.61 Å².